The number of hydrogen-bond donors (Lipinski definition) is 0. The maximum absolute atomic E-state index is 12.8. The van der Waals surface area contributed by atoms with Crippen LogP contribution in [0.3, 0.4) is 0 Å². The van der Waals surface area contributed by atoms with Crippen LogP contribution in [0.4, 0.5) is 13.2 Å². The van der Waals surface area contributed by atoms with E-state index in [1.165, 1.54) is 12.1 Å². The van der Waals surface area contributed by atoms with E-state index in [-0.39, 0.29) is 12.0 Å². The first-order valence-electron chi connectivity index (χ1n) is 16.7. The number of carbonyl (C=O) groups excluding carboxylic acids is 6. The highest BCUT2D eigenvalue weighted by atomic mass is 19.4. The number of Topliss-reactive ketones (excluding diaryl/α,β-unsaturated/α-hetero) is 2. The van der Waals surface area contributed by atoms with Crippen LogP contribution < -0.4 is 0 Å². The van der Waals surface area contributed by atoms with Crippen LogP contribution in [0.25, 0.3) is 11.1 Å². The summed E-state index contributed by atoms with van der Waals surface area (Å²) < 4.78 is 59.2. The third kappa shape index (κ3) is 16.3. The molecular weight excluding hydrogens is 673 g/mol. The highest BCUT2D eigenvalue weighted by molar-refractivity contribution is 5.99. The monoisotopic (exact) mass is 720 g/mol. The topological polar surface area (TPSA) is 139 Å². The molecule has 0 unspecified atom stereocenters. The molecule has 0 saturated heterocycles. The fourth-order valence-electron chi connectivity index (χ4n) is 4.83. The molecule has 0 fully saturated rings. The van der Waals surface area contributed by atoms with Crippen molar-refractivity contribution in [3.05, 3.63) is 59.7 Å². The molecule has 0 aliphatic heterocycles. The molecule has 280 valence electrons. The van der Waals surface area contributed by atoms with E-state index in [0.29, 0.717) is 29.5 Å². The zero-order valence-corrected chi connectivity index (χ0v) is 30.1. The minimum Gasteiger partial charge on any atom is -0.460 e. The number of alkyl halides is 3. The fourth-order valence-corrected chi connectivity index (χ4v) is 4.83. The van der Waals surface area contributed by atoms with Crippen LogP contribution in [0.5, 0.6) is 0 Å². The minimum absolute atomic E-state index is 0.149. The molecule has 0 radical (unpaired) electrons. The van der Waals surface area contributed by atoms with Gasteiger partial charge in [0.2, 0.25) is 0 Å². The van der Waals surface area contributed by atoms with Gasteiger partial charge in [0, 0.05) is 17.5 Å². The number of esters is 4. The summed E-state index contributed by atoms with van der Waals surface area (Å²) in [5.74, 6) is -6.37. The van der Waals surface area contributed by atoms with E-state index in [1.807, 2.05) is 6.92 Å². The van der Waals surface area contributed by atoms with E-state index >= 15 is 0 Å². The minimum atomic E-state index is -4.56. The zero-order valence-electron chi connectivity index (χ0n) is 30.1. The maximum atomic E-state index is 12.8. The van der Waals surface area contributed by atoms with E-state index in [4.69, 9.17) is 18.9 Å². The van der Waals surface area contributed by atoms with E-state index in [0.717, 1.165) is 0 Å². The van der Waals surface area contributed by atoms with Gasteiger partial charge in [-0.25, -0.2) is 0 Å². The van der Waals surface area contributed by atoms with Crippen molar-refractivity contribution in [3.63, 3.8) is 0 Å². The van der Waals surface area contributed by atoms with Gasteiger partial charge in [-0.15, -0.1) is 0 Å². The lowest BCUT2D eigenvalue weighted by atomic mass is 9.99. The maximum Gasteiger partial charge on any atom is 0.389 e. The molecule has 0 amide bonds. The molecule has 2 rings (SSSR count). The average Bonchev–Trinajstić information content (AvgIpc) is 3.01. The first-order chi connectivity index (χ1) is 23.6. The molecule has 2 aromatic rings. The Bertz CT molecular complexity index is 1520. The molecule has 0 aliphatic rings. The molecule has 0 saturated carbocycles. The van der Waals surface area contributed by atoms with Crippen molar-refractivity contribution in [1.29, 1.82) is 0 Å². The largest absolute Gasteiger partial charge is 0.460 e. The van der Waals surface area contributed by atoms with Gasteiger partial charge in [-0.3, -0.25) is 28.8 Å². The summed E-state index contributed by atoms with van der Waals surface area (Å²) in [5, 5.41) is 0. The summed E-state index contributed by atoms with van der Waals surface area (Å²) in [4.78, 5) is 75.1. The lowest BCUT2D eigenvalue weighted by Crippen LogP contribution is -2.29. The second-order valence-electron chi connectivity index (χ2n) is 14.1. The van der Waals surface area contributed by atoms with Crippen molar-refractivity contribution >= 4 is 35.4 Å². The molecule has 2 atom stereocenters. The van der Waals surface area contributed by atoms with Crippen molar-refractivity contribution in [2.24, 2.45) is 11.8 Å². The number of ether oxygens (including phenoxy) is 4. The summed E-state index contributed by atoms with van der Waals surface area (Å²) in [7, 11) is 0. The number of carbonyl (C=O) groups is 6. The number of hydrogen-bond acceptors (Lipinski definition) is 10. The summed E-state index contributed by atoms with van der Waals surface area (Å²) in [6.45, 7) is 10.6. The van der Waals surface area contributed by atoms with E-state index < -0.39 is 97.1 Å². The van der Waals surface area contributed by atoms with Crippen molar-refractivity contribution < 1.29 is 60.9 Å². The molecule has 0 aromatic heterocycles. The predicted octanol–water partition coefficient (Wildman–Crippen LogP) is 7.64. The van der Waals surface area contributed by atoms with Gasteiger partial charge >= 0.3 is 30.1 Å². The van der Waals surface area contributed by atoms with Crippen LogP contribution in [0, 0.1) is 11.8 Å². The Kier molecular flexibility index (Phi) is 15.6. The lowest BCUT2D eigenvalue weighted by Gasteiger charge is -2.22. The normalized spacial score (nSPS) is 13.1. The van der Waals surface area contributed by atoms with Gasteiger partial charge < -0.3 is 18.9 Å². The summed E-state index contributed by atoms with van der Waals surface area (Å²) in [5.41, 5.74) is 0.247. The number of rotatable bonds is 17. The Morgan fingerprint density at radius 2 is 0.941 bits per heavy atom. The lowest BCUT2D eigenvalue weighted by molar-refractivity contribution is -0.164. The molecule has 51 heavy (non-hydrogen) atoms. The van der Waals surface area contributed by atoms with Gasteiger partial charge in [-0.1, -0.05) is 61.9 Å². The standard InChI is InChI=1S/C38H47F3O10/c1-8-9-28(20-32(44)50-36(2,3)4)34(46)48-22-30(42)26-14-10-24(11-15-26)25-12-16-27(17-13-25)31(43)23-49-35(47)29(18-19-38(39,40)41)21-33(45)51-37(5,6)7/h10-17,28-29H,8-9,18-23H2,1-7H3/t28-,29-/m1/s1. The molecule has 0 aliphatic carbocycles. The Labute approximate surface area is 296 Å². The highest BCUT2D eigenvalue weighted by Gasteiger charge is 2.34. The van der Waals surface area contributed by atoms with Gasteiger partial charge in [0.15, 0.2) is 24.8 Å². The van der Waals surface area contributed by atoms with E-state index in [2.05, 4.69) is 0 Å². The zero-order chi connectivity index (χ0) is 38.6. The van der Waals surface area contributed by atoms with Crippen LogP contribution >= 0.6 is 0 Å². The smallest absolute Gasteiger partial charge is 0.389 e. The van der Waals surface area contributed by atoms with E-state index in [9.17, 15) is 41.9 Å². The molecular formula is C38H47F3O10. The summed E-state index contributed by atoms with van der Waals surface area (Å²) in [6.07, 6.45) is -6.31. The van der Waals surface area contributed by atoms with Crippen LogP contribution in [0.2, 0.25) is 0 Å². The predicted molar refractivity (Wildman–Crippen MR) is 181 cm³/mol. The van der Waals surface area contributed by atoms with Crippen LogP contribution in [0.15, 0.2) is 48.5 Å². The quantitative estimate of drug-likeness (QED) is 0.0910. The second kappa shape index (κ2) is 18.6. The molecule has 0 bridgehead atoms. The molecule has 0 heterocycles. The summed E-state index contributed by atoms with van der Waals surface area (Å²) in [6, 6.07) is 12.7. The Hall–Kier alpha value is -4.55. The SMILES string of the molecule is CCC[C@H](CC(=O)OC(C)(C)C)C(=O)OCC(=O)c1ccc(-c2ccc(C(=O)COC(=O)[C@H](CCC(F)(F)F)CC(=O)OC(C)(C)C)cc2)cc1. The van der Waals surface area contributed by atoms with Crippen molar-refractivity contribution in [3.8, 4) is 11.1 Å². The first-order valence-corrected chi connectivity index (χ1v) is 16.7. The highest BCUT2D eigenvalue weighted by Crippen LogP contribution is 2.27. The third-order valence-electron chi connectivity index (χ3n) is 7.18. The number of halogens is 3. The Morgan fingerprint density at radius 3 is 1.25 bits per heavy atom. The van der Waals surface area contributed by atoms with Crippen molar-refractivity contribution in [2.45, 2.75) is 104 Å². The van der Waals surface area contributed by atoms with Gasteiger partial charge in [-0.2, -0.15) is 13.2 Å². The summed E-state index contributed by atoms with van der Waals surface area (Å²) >= 11 is 0. The second-order valence-corrected chi connectivity index (χ2v) is 14.1. The van der Waals surface area contributed by atoms with E-state index in [1.54, 1.807) is 77.9 Å². The van der Waals surface area contributed by atoms with Crippen molar-refractivity contribution in [2.75, 3.05) is 13.2 Å². The Balaban J connectivity index is 1.97. The molecule has 10 nitrogen and oxygen atoms in total. The van der Waals surface area contributed by atoms with Gasteiger partial charge in [0.25, 0.3) is 0 Å². The molecule has 2 aromatic carbocycles. The fraction of sp³-hybridized carbons (Fsp3) is 0.526. The molecule has 0 N–H and O–H groups in total. The number of ketones is 2. The first kappa shape index (κ1) is 42.6. The molecule has 13 heteroatoms. The van der Waals surface area contributed by atoms with Gasteiger partial charge in [0.05, 0.1) is 24.7 Å². The van der Waals surface area contributed by atoms with Crippen molar-refractivity contribution in [1.82, 2.24) is 0 Å². The number of benzene rings is 2. The average molecular weight is 721 g/mol. The van der Waals surface area contributed by atoms with Crippen LogP contribution in [-0.4, -0.2) is 66.0 Å². The molecule has 0 spiro atoms. The Morgan fingerprint density at radius 1 is 0.588 bits per heavy atom. The third-order valence-corrected chi connectivity index (χ3v) is 7.18. The van der Waals surface area contributed by atoms with Gasteiger partial charge in [0.1, 0.15) is 11.2 Å². The van der Waals surface area contributed by atoms with Crippen LogP contribution in [-0.2, 0) is 38.1 Å². The van der Waals surface area contributed by atoms with Gasteiger partial charge in [-0.05, 0) is 65.5 Å². The van der Waals surface area contributed by atoms with Crippen LogP contribution in [0.1, 0.15) is 108 Å².